The molecule has 128 valence electrons. The first-order valence-corrected chi connectivity index (χ1v) is 8.03. The topological polar surface area (TPSA) is 104 Å². The Morgan fingerprint density at radius 1 is 1.43 bits per heavy atom. The van der Waals surface area contributed by atoms with E-state index in [4.69, 9.17) is 4.52 Å². The maximum absolute atomic E-state index is 12.7. The van der Waals surface area contributed by atoms with E-state index in [9.17, 15) is 19.8 Å². The van der Waals surface area contributed by atoms with Crippen LogP contribution < -0.4 is 0 Å². The number of amides is 1. The van der Waals surface area contributed by atoms with Crippen LogP contribution in [0.4, 0.5) is 0 Å². The number of aliphatic hydroxyl groups excluding tert-OH is 1. The zero-order chi connectivity index (χ0) is 17.2. The van der Waals surface area contributed by atoms with Gasteiger partial charge in [-0.1, -0.05) is 25.4 Å². The molecule has 1 saturated heterocycles. The van der Waals surface area contributed by atoms with Gasteiger partial charge in [-0.2, -0.15) is 0 Å². The largest absolute Gasteiger partial charge is 0.481 e. The van der Waals surface area contributed by atoms with Crippen LogP contribution in [0.1, 0.15) is 54.9 Å². The lowest BCUT2D eigenvalue weighted by atomic mass is 9.72. The van der Waals surface area contributed by atoms with Gasteiger partial charge in [0.15, 0.2) is 0 Å². The highest BCUT2D eigenvalue weighted by molar-refractivity contribution is 5.96. The minimum atomic E-state index is -1.16. The summed E-state index contributed by atoms with van der Waals surface area (Å²) in [6.45, 7) is 5.77. The van der Waals surface area contributed by atoms with Crippen molar-refractivity contribution < 1.29 is 24.3 Å². The van der Waals surface area contributed by atoms with Crippen molar-refractivity contribution in [1.29, 1.82) is 0 Å². The van der Waals surface area contributed by atoms with Gasteiger partial charge in [-0.25, -0.2) is 0 Å². The third-order valence-corrected chi connectivity index (χ3v) is 4.75. The van der Waals surface area contributed by atoms with Gasteiger partial charge in [-0.3, -0.25) is 9.59 Å². The Kier molecular flexibility index (Phi) is 5.09. The maximum atomic E-state index is 12.7. The Balaban J connectivity index is 2.21. The second kappa shape index (κ2) is 6.70. The summed E-state index contributed by atoms with van der Waals surface area (Å²) in [5, 5.41) is 23.8. The van der Waals surface area contributed by atoms with Gasteiger partial charge in [0.05, 0.1) is 17.2 Å². The minimum Gasteiger partial charge on any atom is -0.481 e. The van der Waals surface area contributed by atoms with Crippen molar-refractivity contribution in [3.8, 4) is 0 Å². The van der Waals surface area contributed by atoms with Crippen LogP contribution in [-0.4, -0.2) is 51.3 Å². The van der Waals surface area contributed by atoms with Gasteiger partial charge in [0.25, 0.3) is 5.91 Å². The first kappa shape index (κ1) is 17.5. The van der Waals surface area contributed by atoms with E-state index in [1.54, 1.807) is 6.92 Å². The number of carboxylic acid groups (broad SMARTS) is 1. The van der Waals surface area contributed by atoms with E-state index in [0.717, 1.165) is 0 Å². The summed E-state index contributed by atoms with van der Waals surface area (Å²) in [6, 6.07) is 0. The van der Waals surface area contributed by atoms with Crippen LogP contribution in [0, 0.1) is 12.3 Å². The smallest absolute Gasteiger partial charge is 0.312 e. The molecule has 2 N–H and O–H groups in total. The van der Waals surface area contributed by atoms with E-state index in [1.165, 1.54) is 4.90 Å². The van der Waals surface area contributed by atoms with Gasteiger partial charge >= 0.3 is 5.97 Å². The number of carbonyl (C=O) groups is 2. The van der Waals surface area contributed by atoms with Gasteiger partial charge in [-0.05, 0) is 26.2 Å². The van der Waals surface area contributed by atoms with Crippen molar-refractivity contribution >= 4 is 11.9 Å². The second-order valence-electron chi connectivity index (χ2n) is 6.14. The van der Waals surface area contributed by atoms with Gasteiger partial charge in [-0.15, -0.1) is 0 Å². The second-order valence-corrected chi connectivity index (χ2v) is 6.14. The summed E-state index contributed by atoms with van der Waals surface area (Å²) in [4.78, 5) is 25.9. The third-order valence-electron chi connectivity index (χ3n) is 4.75. The molecule has 0 unspecified atom stereocenters. The average Bonchev–Trinajstić information content (AvgIpc) is 2.89. The molecular formula is C16H24N2O5. The number of hydrogen-bond acceptors (Lipinski definition) is 5. The summed E-state index contributed by atoms with van der Waals surface area (Å²) in [7, 11) is 0. The highest BCUT2D eigenvalue weighted by Crippen LogP contribution is 2.37. The lowest BCUT2D eigenvalue weighted by Gasteiger charge is -2.42. The molecule has 23 heavy (non-hydrogen) atoms. The molecule has 1 aliphatic heterocycles. The number of piperidine rings is 1. The molecule has 2 rings (SSSR count). The van der Waals surface area contributed by atoms with Crippen molar-refractivity contribution in [3.63, 3.8) is 0 Å². The molecule has 0 saturated carbocycles. The van der Waals surface area contributed by atoms with Crippen molar-refractivity contribution in [1.82, 2.24) is 10.1 Å². The summed E-state index contributed by atoms with van der Waals surface area (Å²) < 4.78 is 5.09. The zero-order valence-corrected chi connectivity index (χ0v) is 13.8. The van der Waals surface area contributed by atoms with Crippen LogP contribution >= 0.6 is 0 Å². The fourth-order valence-corrected chi connectivity index (χ4v) is 3.35. The molecule has 0 spiro atoms. The van der Waals surface area contributed by atoms with Crippen LogP contribution in [0.25, 0.3) is 0 Å². The summed E-state index contributed by atoms with van der Waals surface area (Å²) in [5.74, 6) is -0.797. The molecule has 2 atom stereocenters. The quantitative estimate of drug-likeness (QED) is 0.853. The van der Waals surface area contributed by atoms with Crippen molar-refractivity contribution in [2.24, 2.45) is 5.41 Å². The number of rotatable bonds is 5. The number of carbonyl (C=O) groups excluding carboxylic acids is 1. The van der Waals surface area contributed by atoms with Crippen molar-refractivity contribution in [2.45, 2.75) is 52.6 Å². The van der Waals surface area contributed by atoms with E-state index in [0.29, 0.717) is 42.8 Å². The van der Waals surface area contributed by atoms with Gasteiger partial charge in [0, 0.05) is 13.1 Å². The fourth-order valence-electron chi connectivity index (χ4n) is 3.35. The van der Waals surface area contributed by atoms with Gasteiger partial charge in [0.1, 0.15) is 11.3 Å². The molecule has 0 bridgehead atoms. The molecule has 2 heterocycles. The number of aromatic nitrogens is 1. The molecule has 7 heteroatoms. The molecule has 1 aromatic heterocycles. The van der Waals surface area contributed by atoms with E-state index in [1.807, 2.05) is 13.8 Å². The van der Waals surface area contributed by atoms with E-state index in [-0.39, 0.29) is 18.9 Å². The third kappa shape index (κ3) is 2.97. The molecule has 7 nitrogen and oxygen atoms in total. The number of aliphatic carboxylic acids is 1. The molecule has 0 radical (unpaired) electrons. The van der Waals surface area contributed by atoms with Crippen molar-refractivity contribution in [2.75, 3.05) is 13.1 Å². The van der Waals surface area contributed by atoms with Crippen molar-refractivity contribution in [3.05, 3.63) is 17.0 Å². The number of likely N-dealkylation sites (tertiary alicyclic amines) is 1. The minimum absolute atomic E-state index is 0.0128. The van der Waals surface area contributed by atoms with Crippen LogP contribution in [-0.2, 0) is 11.2 Å². The molecule has 1 amide bonds. The zero-order valence-electron chi connectivity index (χ0n) is 13.8. The number of β-amino-alcohol motifs (C(OH)–C–C–N with tert-alkyl or cyclic N) is 1. The summed E-state index contributed by atoms with van der Waals surface area (Å²) in [6.07, 6.45) is 0.807. The Hall–Kier alpha value is -1.89. The number of aryl methyl sites for hydroxylation is 2. The Bertz CT molecular complexity index is 597. The first-order valence-electron chi connectivity index (χ1n) is 8.03. The Morgan fingerprint density at radius 2 is 2.13 bits per heavy atom. The molecule has 0 aliphatic carbocycles. The van der Waals surface area contributed by atoms with Crippen LogP contribution in [0.3, 0.4) is 0 Å². The maximum Gasteiger partial charge on any atom is 0.312 e. The number of hydrogen-bond donors (Lipinski definition) is 2. The Morgan fingerprint density at radius 3 is 2.65 bits per heavy atom. The number of aliphatic hydroxyl groups is 1. The summed E-state index contributed by atoms with van der Waals surface area (Å²) >= 11 is 0. The molecule has 1 aromatic rings. The first-order chi connectivity index (χ1) is 10.9. The molecule has 1 fully saturated rings. The summed E-state index contributed by atoms with van der Waals surface area (Å²) in [5.41, 5.74) is -0.147. The standard InChI is InChI=1S/C16H24N2O5/c1-4-6-16(15(21)22)7-8-18(9-12(16)19)14(20)13-10(3)23-17-11(13)5-2/h12,19H,4-9H2,1-3H3,(H,21,22)/t12-,16-/m0/s1. The van der Waals surface area contributed by atoms with E-state index >= 15 is 0 Å². The van der Waals surface area contributed by atoms with E-state index in [2.05, 4.69) is 5.16 Å². The molecule has 0 aromatic carbocycles. The molecular weight excluding hydrogens is 300 g/mol. The monoisotopic (exact) mass is 324 g/mol. The molecule has 1 aliphatic rings. The van der Waals surface area contributed by atoms with Crippen LogP contribution in [0.5, 0.6) is 0 Å². The highest BCUT2D eigenvalue weighted by atomic mass is 16.5. The van der Waals surface area contributed by atoms with E-state index < -0.39 is 17.5 Å². The fraction of sp³-hybridized carbons (Fsp3) is 0.688. The van der Waals surface area contributed by atoms with Crippen LogP contribution in [0.2, 0.25) is 0 Å². The SMILES string of the molecule is CCC[C@]1(C(=O)O)CCN(C(=O)c2c(CC)noc2C)C[C@@H]1O. The lowest BCUT2D eigenvalue weighted by Crippen LogP contribution is -2.56. The predicted molar refractivity (Wildman–Crippen MR) is 82.1 cm³/mol. The number of nitrogens with zero attached hydrogens (tertiary/aromatic N) is 2. The van der Waals surface area contributed by atoms with Gasteiger partial charge < -0.3 is 19.6 Å². The Labute approximate surface area is 135 Å². The average molecular weight is 324 g/mol. The number of carboxylic acids is 1. The van der Waals surface area contributed by atoms with Crippen LogP contribution in [0.15, 0.2) is 4.52 Å². The highest BCUT2D eigenvalue weighted by Gasteiger charge is 2.49. The van der Waals surface area contributed by atoms with Gasteiger partial charge in [0.2, 0.25) is 0 Å². The lowest BCUT2D eigenvalue weighted by molar-refractivity contribution is -0.162. The normalized spacial score (nSPS) is 24.7. The predicted octanol–water partition coefficient (Wildman–Crippen LogP) is 1.62.